The third kappa shape index (κ3) is 10.0. The van der Waals surface area contributed by atoms with Crippen LogP contribution in [0.1, 0.15) is 28.0 Å². The van der Waals surface area contributed by atoms with Gasteiger partial charge in [0.15, 0.2) is 0 Å². The molecule has 0 aliphatic heterocycles. The number of hydrogen-bond acceptors (Lipinski definition) is 5. The normalized spacial score (nSPS) is 12.1. The van der Waals surface area contributed by atoms with Gasteiger partial charge in [-0.15, -0.1) is 11.3 Å². The molecule has 36 heavy (non-hydrogen) atoms. The van der Waals surface area contributed by atoms with Gasteiger partial charge in [0.05, 0.1) is 45.0 Å². The molecule has 2 aromatic carbocycles. The molecule has 0 aliphatic carbocycles. The Labute approximate surface area is 235 Å². The van der Waals surface area contributed by atoms with E-state index in [9.17, 15) is 13.2 Å². The van der Waals surface area contributed by atoms with Crippen LogP contribution < -0.4 is 28.7 Å². The van der Waals surface area contributed by atoms with E-state index in [4.69, 9.17) is 4.74 Å². The molecule has 0 unspecified atom stereocenters. The number of esters is 1. The van der Waals surface area contributed by atoms with Crippen LogP contribution in [0.25, 0.3) is 0 Å². The number of quaternary nitrogens is 1. The van der Waals surface area contributed by atoms with Crippen molar-refractivity contribution in [2.24, 2.45) is 0 Å². The van der Waals surface area contributed by atoms with Gasteiger partial charge in [0.25, 0.3) is 10.0 Å². The van der Waals surface area contributed by atoms with Crippen molar-refractivity contribution in [3.8, 4) is 11.8 Å². The van der Waals surface area contributed by atoms with E-state index in [1.165, 1.54) is 0 Å². The Morgan fingerprint density at radius 1 is 1.00 bits per heavy atom. The van der Waals surface area contributed by atoms with Crippen LogP contribution >= 0.6 is 11.3 Å². The average Bonchev–Trinajstić information content (AvgIpc) is 3.27. The Balaban J connectivity index is 0.00000456. The number of thiophene rings is 1. The molecule has 0 saturated carbocycles. The fourth-order valence-electron chi connectivity index (χ4n) is 3.38. The second kappa shape index (κ2) is 13.4. The van der Waals surface area contributed by atoms with Crippen molar-refractivity contribution in [1.29, 1.82) is 0 Å². The number of benzene rings is 2. The molecule has 0 amide bonds. The van der Waals surface area contributed by atoms with Crippen LogP contribution in [0.4, 0.5) is 0 Å². The monoisotopic (exact) mass is 638 g/mol. The first-order chi connectivity index (χ1) is 16.5. The van der Waals surface area contributed by atoms with E-state index in [1.54, 1.807) is 12.1 Å². The minimum absolute atomic E-state index is 0. The number of sulfonamides is 1. The van der Waals surface area contributed by atoms with Gasteiger partial charge in [-0.1, -0.05) is 59.9 Å². The summed E-state index contributed by atoms with van der Waals surface area (Å²) in [5.74, 6) is 5.64. The molecule has 3 rings (SSSR count). The molecule has 0 radical (unpaired) electrons. The predicted octanol–water partition coefficient (Wildman–Crippen LogP) is 0.947. The van der Waals surface area contributed by atoms with E-state index in [1.807, 2.05) is 82.7 Å². The standard InChI is InChI=1S/C27H31N2O4S2.HI/c1-21-10-12-22(13-11-21)14-15-25-16-17-27(34-25)35(31,32)28-24(19-29(2,3)4)18-26(30)33-20-23-8-6-5-7-9-23;/h5-13,16-17,24,28H,18-20H2,1-4H3;1H/q+1;/p-1/t24-;/m1./s1. The van der Waals surface area contributed by atoms with Gasteiger partial charge in [0.1, 0.15) is 10.8 Å². The Kier molecular flexibility index (Phi) is 11.1. The minimum Gasteiger partial charge on any atom is -1.00 e. The van der Waals surface area contributed by atoms with Crippen LogP contribution in [0.3, 0.4) is 0 Å². The fraction of sp³-hybridized carbons (Fsp3) is 0.296. The topological polar surface area (TPSA) is 72.5 Å². The first-order valence-corrected chi connectivity index (χ1v) is 13.5. The van der Waals surface area contributed by atoms with Crippen molar-refractivity contribution in [3.63, 3.8) is 0 Å². The molecule has 1 heterocycles. The largest absolute Gasteiger partial charge is 1.00 e. The number of ether oxygens (including phenoxy) is 1. The zero-order valence-electron chi connectivity index (χ0n) is 20.8. The van der Waals surface area contributed by atoms with E-state index in [0.29, 0.717) is 15.9 Å². The Hall–Kier alpha value is -2.23. The first-order valence-electron chi connectivity index (χ1n) is 11.2. The number of halogens is 1. The van der Waals surface area contributed by atoms with E-state index in [2.05, 4.69) is 16.6 Å². The zero-order valence-corrected chi connectivity index (χ0v) is 24.6. The highest BCUT2D eigenvalue weighted by Gasteiger charge is 2.28. The predicted molar refractivity (Wildman–Crippen MR) is 139 cm³/mol. The van der Waals surface area contributed by atoms with Gasteiger partial charge >= 0.3 is 5.97 Å². The number of carbonyl (C=O) groups excluding carboxylic acids is 1. The summed E-state index contributed by atoms with van der Waals surface area (Å²) in [7, 11) is 2.01. The summed E-state index contributed by atoms with van der Waals surface area (Å²) >= 11 is 1.10. The van der Waals surface area contributed by atoms with Crippen LogP contribution in [-0.2, 0) is 26.2 Å². The quantitative estimate of drug-likeness (QED) is 0.164. The summed E-state index contributed by atoms with van der Waals surface area (Å²) in [6, 6.07) is 19.8. The fourth-order valence-corrected chi connectivity index (χ4v) is 5.79. The minimum atomic E-state index is -3.83. The summed E-state index contributed by atoms with van der Waals surface area (Å²) in [6.45, 7) is 2.58. The highest BCUT2D eigenvalue weighted by molar-refractivity contribution is 7.91. The Morgan fingerprint density at radius 3 is 2.31 bits per heavy atom. The molecule has 9 heteroatoms. The highest BCUT2D eigenvalue weighted by atomic mass is 127. The molecule has 1 N–H and O–H groups in total. The summed E-state index contributed by atoms with van der Waals surface area (Å²) in [6.07, 6.45) is -0.0625. The lowest BCUT2D eigenvalue weighted by atomic mass is 10.1. The molecule has 6 nitrogen and oxygen atoms in total. The van der Waals surface area contributed by atoms with Crippen LogP contribution in [0.15, 0.2) is 70.9 Å². The second-order valence-electron chi connectivity index (χ2n) is 9.38. The lowest BCUT2D eigenvalue weighted by Gasteiger charge is -2.29. The number of carbonyl (C=O) groups is 1. The smallest absolute Gasteiger partial charge is 0.307 e. The summed E-state index contributed by atoms with van der Waals surface area (Å²) in [4.78, 5) is 13.1. The van der Waals surface area contributed by atoms with E-state index in [0.717, 1.165) is 28.0 Å². The number of likely N-dealkylation sites (N-methyl/N-ethyl adjacent to an activating group) is 1. The molecule has 0 bridgehead atoms. The van der Waals surface area contributed by atoms with Gasteiger partial charge in [-0.2, -0.15) is 0 Å². The number of aryl methyl sites for hydroxylation is 1. The maximum atomic E-state index is 13.1. The van der Waals surface area contributed by atoms with Crippen molar-refractivity contribution in [1.82, 2.24) is 4.72 Å². The molecule has 192 valence electrons. The van der Waals surface area contributed by atoms with Gasteiger partial charge in [-0.05, 0) is 36.8 Å². The first kappa shape index (κ1) is 30.0. The molecule has 3 aromatic rings. The number of hydrogen-bond donors (Lipinski definition) is 1. The molecule has 0 saturated heterocycles. The molecule has 1 atom stereocenters. The van der Waals surface area contributed by atoms with Crippen molar-refractivity contribution < 1.29 is 46.4 Å². The lowest BCUT2D eigenvalue weighted by Crippen LogP contribution is -3.00. The third-order valence-electron chi connectivity index (χ3n) is 4.97. The average molecular weight is 639 g/mol. The summed E-state index contributed by atoms with van der Waals surface area (Å²) < 4.78 is 34.9. The molecule has 1 aromatic heterocycles. The summed E-state index contributed by atoms with van der Waals surface area (Å²) in [5, 5.41) is 0. The number of rotatable bonds is 9. The Bertz CT molecular complexity index is 1300. The van der Waals surface area contributed by atoms with E-state index < -0.39 is 22.0 Å². The maximum Gasteiger partial charge on any atom is 0.307 e. The van der Waals surface area contributed by atoms with Gasteiger partial charge in [-0.3, -0.25) is 4.79 Å². The van der Waals surface area contributed by atoms with Crippen molar-refractivity contribution in [2.45, 2.75) is 30.2 Å². The van der Waals surface area contributed by atoms with E-state index in [-0.39, 0.29) is 41.2 Å². The van der Waals surface area contributed by atoms with Crippen LogP contribution in [-0.4, -0.2) is 52.6 Å². The van der Waals surface area contributed by atoms with Crippen molar-refractivity contribution in [3.05, 3.63) is 88.3 Å². The zero-order chi connectivity index (χ0) is 25.5. The SMILES string of the molecule is Cc1ccc(C#Cc2ccc(S(=O)(=O)N[C@H](CC(=O)OCc3ccccc3)C[N+](C)(C)C)s2)cc1.[I-]. The highest BCUT2D eigenvalue weighted by Crippen LogP contribution is 2.22. The van der Waals surface area contributed by atoms with Crippen LogP contribution in [0, 0.1) is 18.8 Å². The molecular weight excluding hydrogens is 607 g/mol. The Morgan fingerprint density at radius 2 is 1.67 bits per heavy atom. The van der Waals surface area contributed by atoms with Gasteiger partial charge in [0.2, 0.25) is 0 Å². The number of nitrogens with one attached hydrogen (secondary N) is 1. The lowest BCUT2D eigenvalue weighted by molar-refractivity contribution is -0.871. The van der Waals surface area contributed by atoms with E-state index >= 15 is 0 Å². The van der Waals surface area contributed by atoms with Gasteiger partial charge in [-0.25, -0.2) is 13.1 Å². The van der Waals surface area contributed by atoms with Crippen molar-refractivity contribution >= 4 is 27.3 Å². The second-order valence-corrected chi connectivity index (χ2v) is 12.4. The van der Waals surface area contributed by atoms with Crippen molar-refractivity contribution in [2.75, 3.05) is 27.7 Å². The molecule has 0 fully saturated rings. The molecule has 0 spiro atoms. The van der Waals surface area contributed by atoms with Gasteiger partial charge < -0.3 is 33.2 Å². The molecular formula is C27H31IN2O4S2. The van der Waals surface area contributed by atoms with Gasteiger partial charge in [0, 0.05) is 5.56 Å². The molecule has 0 aliphatic rings. The third-order valence-corrected chi connectivity index (χ3v) is 7.99. The van der Waals surface area contributed by atoms with Crippen LogP contribution in [0.2, 0.25) is 0 Å². The van der Waals surface area contributed by atoms with Crippen LogP contribution in [0.5, 0.6) is 0 Å². The number of nitrogens with zero attached hydrogens (tertiary/aromatic N) is 1. The maximum absolute atomic E-state index is 13.1. The summed E-state index contributed by atoms with van der Waals surface area (Å²) in [5.41, 5.74) is 2.89.